The number of carbonyl (C=O) groups excluding carboxylic acids is 2. The molecule has 18 heavy (non-hydrogen) atoms. The molecule has 0 aliphatic heterocycles. The summed E-state index contributed by atoms with van der Waals surface area (Å²) in [5.41, 5.74) is 0.406. The third-order valence-electron chi connectivity index (χ3n) is 5.04. The van der Waals surface area contributed by atoms with Gasteiger partial charge in [0.1, 0.15) is 11.6 Å². The summed E-state index contributed by atoms with van der Waals surface area (Å²) in [6, 6.07) is 0. The van der Waals surface area contributed by atoms with Crippen molar-refractivity contribution in [3.63, 3.8) is 0 Å². The van der Waals surface area contributed by atoms with E-state index in [0.717, 1.165) is 5.92 Å². The topological polar surface area (TPSA) is 34.1 Å². The summed E-state index contributed by atoms with van der Waals surface area (Å²) in [5.74, 6) is 2.14. The fraction of sp³-hybridized carbons (Fsp3) is 0.875. The number of rotatable bonds is 1. The highest BCUT2D eigenvalue weighted by Gasteiger charge is 2.36. The fourth-order valence-electron chi connectivity index (χ4n) is 3.81. The first kappa shape index (κ1) is 13.8. The largest absolute Gasteiger partial charge is 0.299 e. The van der Waals surface area contributed by atoms with Crippen LogP contribution in [0.15, 0.2) is 0 Å². The maximum Gasteiger partial charge on any atom is 0.140 e. The van der Waals surface area contributed by atoms with Crippen LogP contribution >= 0.6 is 0 Å². The average molecular weight is 250 g/mol. The molecular weight excluding hydrogens is 224 g/mol. The lowest BCUT2D eigenvalue weighted by Gasteiger charge is -2.40. The minimum absolute atomic E-state index is 0.175. The van der Waals surface area contributed by atoms with Gasteiger partial charge in [-0.2, -0.15) is 0 Å². The van der Waals surface area contributed by atoms with Gasteiger partial charge in [0, 0.05) is 12.8 Å². The molecule has 2 rings (SSSR count). The Morgan fingerprint density at radius 3 is 1.78 bits per heavy atom. The van der Waals surface area contributed by atoms with Gasteiger partial charge in [0.05, 0.1) is 6.42 Å². The molecular formula is C16H26O2. The average Bonchev–Trinajstić information content (AvgIpc) is 2.27. The van der Waals surface area contributed by atoms with E-state index in [1.165, 1.54) is 25.7 Å². The van der Waals surface area contributed by atoms with Crippen LogP contribution in [0.4, 0.5) is 0 Å². The zero-order chi connectivity index (χ0) is 13.3. The Morgan fingerprint density at radius 2 is 1.33 bits per heavy atom. The Labute approximate surface area is 111 Å². The molecule has 2 fully saturated rings. The fourth-order valence-corrected chi connectivity index (χ4v) is 3.81. The Balaban J connectivity index is 1.90. The monoisotopic (exact) mass is 250 g/mol. The van der Waals surface area contributed by atoms with Crippen molar-refractivity contribution in [3.8, 4) is 0 Å². The molecule has 0 aromatic heterocycles. The van der Waals surface area contributed by atoms with Gasteiger partial charge >= 0.3 is 0 Å². The van der Waals surface area contributed by atoms with E-state index < -0.39 is 0 Å². The second-order valence-electron chi connectivity index (χ2n) is 7.40. The zero-order valence-electron chi connectivity index (χ0n) is 12.0. The summed E-state index contributed by atoms with van der Waals surface area (Å²) in [6.07, 6.45) is 6.50. The molecule has 2 aliphatic rings. The molecule has 0 aromatic carbocycles. The minimum Gasteiger partial charge on any atom is -0.299 e. The van der Waals surface area contributed by atoms with Crippen molar-refractivity contribution in [2.75, 3.05) is 0 Å². The Morgan fingerprint density at radius 1 is 0.833 bits per heavy atom. The normalized spacial score (nSPS) is 31.7. The molecule has 0 saturated heterocycles. The van der Waals surface area contributed by atoms with Gasteiger partial charge in [-0.25, -0.2) is 0 Å². The smallest absolute Gasteiger partial charge is 0.140 e. The molecule has 0 spiro atoms. The van der Waals surface area contributed by atoms with Crippen LogP contribution in [0.2, 0.25) is 0 Å². The van der Waals surface area contributed by atoms with Gasteiger partial charge < -0.3 is 0 Å². The number of Topliss-reactive ketones (excluding diaryl/α,β-unsaturated/α-hetero) is 2. The van der Waals surface area contributed by atoms with E-state index in [1.807, 2.05) is 0 Å². The first-order valence-corrected chi connectivity index (χ1v) is 7.39. The minimum atomic E-state index is 0.175. The Kier molecular flexibility index (Phi) is 3.93. The maximum atomic E-state index is 11.5. The molecule has 0 unspecified atom stereocenters. The molecule has 0 radical (unpaired) electrons. The summed E-state index contributed by atoms with van der Waals surface area (Å²) >= 11 is 0. The number of ketones is 2. The van der Waals surface area contributed by atoms with E-state index in [9.17, 15) is 9.59 Å². The molecule has 2 nitrogen and oxygen atoms in total. The molecule has 2 saturated carbocycles. The van der Waals surface area contributed by atoms with Crippen molar-refractivity contribution in [2.24, 2.45) is 23.2 Å². The molecule has 0 atom stereocenters. The van der Waals surface area contributed by atoms with E-state index in [2.05, 4.69) is 20.8 Å². The second-order valence-corrected chi connectivity index (χ2v) is 7.40. The van der Waals surface area contributed by atoms with Crippen molar-refractivity contribution in [2.45, 2.75) is 65.7 Å². The van der Waals surface area contributed by atoms with Gasteiger partial charge in [-0.05, 0) is 48.9 Å². The first-order valence-electron chi connectivity index (χ1n) is 7.39. The van der Waals surface area contributed by atoms with E-state index in [4.69, 9.17) is 0 Å². The Bertz CT molecular complexity index is 313. The van der Waals surface area contributed by atoms with Gasteiger partial charge in [0.2, 0.25) is 0 Å². The molecule has 0 aromatic rings. The summed E-state index contributed by atoms with van der Waals surface area (Å²) in [5, 5.41) is 0. The van der Waals surface area contributed by atoms with Crippen LogP contribution in [-0.4, -0.2) is 11.6 Å². The van der Waals surface area contributed by atoms with Crippen LogP contribution in [0.3, 0.4) is 0 Å². The zero-order valence-corrected chi connectivity index (χ0v) is 12.0. The number of hydrogen-bond donors (Lipinski definition) is 0. The van der Waals surface area contributed by atoms with Gasteiger partial charge in [-0.3, -0.25) is 9.59 Å². The lowest BCUT2D eigenvalue weighted by molar-refractivity contribution is -0.132. The van der Waals surface area contributed by atoms with Gasteiger partial charge in [-0.1, -0.05) is 20.8 Å². The molecule has 102 valence electrons. The van der Waals surface area contributed by atoms with E-state index in [-0.39, 0.29) is 18.0 Å². The van der Waals surface area contributed by atoms with Crippen LogP contribution in [0.1, 0.15) is 65.7 Å². The number of carbonyl (C=O) groups is 2. The molecule has 0 amide bonds. The van der Waals surface area contributed by atoms with Crippen molar-refractivity contribution >= 4 is 11.6 Å². The predicted octanol–water partition coefficient (Wildman–Crippen LogP) is 3.78. The van der Waals surface area contributed by atoms with Crippen LogP contribution in [-0.2, 0) is 9.59 Å². The molecule has 0 heterocycles. The standard InChI is InChI=1S/C16H26O2/c1-16(2,3)13-6-4-11(5-7-13)12-8-14(17)10-15(18)9-12/h11-13H,4-10H2,1-3H3. The van der Waals surface area contributed by atoms with E-state index in [1.54, 1.807) is 0 Å². The maximum absolute atomic E-state index is 11.5. The summed E-state index contributed by atoms with van der Waals surface area (Å²) in [4.78, 5) is 23.1. The lowest BCUT2D eigenvalue weighted by atomic mass is 9.65. The summed E-state index contributed by atoms with van der Waals surface area (Å²) in [7, 11) is 0. The third kappa shape index (κ3) is 3.21. The quantitative estimate of drug-likeness (QED) is 0.664. The predicted molar refractivity (Wildman–Crippen MR) is 72.3 cm³/mol. The molecule has 0 N–H and O–H groups in total. The van der Waals surface area contributed by atoms with E-state index >= 15 is 0 Å². The Hall–Kier alpha value is -0.660. The number of hydrogen-bond acceptors (Lipinski definition) is 2. The SMILES string of the molecule is CC(C)(C)C1CCC(C2CC(=O)CC(=O)C2)CC1. The summed E-state index contributed by atoms with van der Waals surface area (Å²) in [6.45, 7) is 6.98. The molecule has 0 bridgehead atoms. The lowest BCUT2D eigenvalue weighted by Crippen LogP contribution is -2.33. The molecule has 2 aliphatic carbocycles. The summed E-state index contributed by atoms with van der Waals surface area (Å²) < 4.78 is 0. The highest BCUT2D eigenvalue weighted by atomic mass is 16.1. The van der Waals surface area contributed by atoms with Crippen LogP contribution < -0.4 is 0 Å². The van der Waals surface area contributed by atoms with Crippen molar-refractivity contribution < 1.29 is 9.59 Å². The third-order valence-corrected chi connectivity index (χ3v) is 5.04. The van der Waals surface area contributed by atoms with Gasteiger partial charge in [0.25, 0.3) is 0 Å². The highest BCUT2D eigenvalue weighted by Crippen LogP contribution is 2.43. The van der Waals surface area contributed by atoms with Crippen molar-refractivity contribution in [1.82, 2.24) is 0 Å². The second kappa shape index (κ2) is 5.14. The highest BCUT2D eigenvalue weighted by molar-refractivity contribution is 6.01. The van der Waals surface area contributed by atoms with Crippen LogP contribution in [0.5, 0.6) is 0 Å². The van der Waals surface area contributed by atoms with Crippen LogP contribution in [0.25, 0.3) is 0 Å². The van der Waals surface area contributed by atoms with Crippen molar-refractivity contribution in [1.29, 1.82) is 0 Å². The van der Waals surface area contributed by atoms with Crippen LogP contribution in [0, 0.1) is 23.2 Å². The first-order chi connectivity index (χ1) is 8.36. The van der Waals surface area contributed by atoms with E-state index in [0.29, 0.717) is 30.1 Å². The van der Waals surface area contributed by atoms with Gasteiger partial charge in [-0.15, -0.1) is 0 Å². The van der Waals surface area contributed by atoms with Crippen molar-refractivity contribution in [3.05, 3.63) is 0 Å². The van der Waals surface area contributed by atoms with Gasteiger partial charge in [0.15, 0.2) is 0 Å². The molecule has 2 heteroatoms.